The van der Waals surface area contributed by atoms with Crippen molar-refractivity contribution < 1.29 is 18.1 Å². The Bertz CT molecular complexity index is 211. The summed E-state index contributed by atoms with van der Waals surface area (Å²) in [6.07, 6.45) is 1.70. The summed E-state index contributed by atoms with van der Waals surface area (Å²) in [5.41, 5.74) is 0. The van der Waals surface area contributed by atoms with Gasteiger partial charge in [0.2, 0.25) is 0 Å². The van der Waals surface area contributed by atoms with Gasteiger partial charge in [0.15, 0.2) is 0 Å². The van der Waals surface area contributed by atoms with E-state index in [1.165, 1.54) is 0 Å². The van der Waals surface area contributed by atoms with Gasteiger partial charge in [0, 0.05) is 0 Å². The normalized spacial score (nSPS) is 12.6. The van der Waals surface area contributed by atoms with E-state index < -0.39 is 7.82 Å². The van der Waals surface area contributed by atoms with Gasteiger partial charge >= 0.3 is 7.82 Å². The van der Waals surface area contributed by atoms with E-state index in [2.05, 4.69) is 27.7 Å². The van der Waals surface area contributed by atoms with Crippen LogP contribution in [0, 0.1) is 11.8 Å². The van der Waals surface area contributed by atoms with Crippen molar-refractivity contribution in [1.29, 1.82) is 0 Å². The van der Waals surface area contributed by atoms with Gasteiger partial charge in [-0.05, 0) is 31.6 Å². The molecule has 0 bridgehead atoms. The van der Waals surface area contributed by atoms with E-state index in [0.29, 0.717) is 31.7 Å². The highest BCUT2D eigenvalue weighted by molar-refractivity contribution is 7.48. The van der Waals surface area contributed by atoms with Crippen LogP contribution in [0.5, 0.6) is 0 Å². The Hall–Kier alpha value is 0.110. The quantitative estimate of drug-likeness (QED) is 0.554. The van der Waals surface area contributed by atoms with E-state index in [1.54, 1.807) is 6.92 Å². The van der Waals surface area contributed by atoms with Crippen molar-refractivity contribution in [3.63, 3.8) is 0 Å². The molecule has 0 heterocycles. The fraction of sp³-hybridized carbons (Fsp3) is 1.00. The molecule has 0 amide bonds. The number of hydrogen-bond donors (Lipinski definition) is 0. The Morgan fingerprint density at radius 3 is 1.59 bits per heavy atom. The van der Waals surface area contributed by atoms with Crippen LogP contribution in [-0.4, -0.2) is 19.8 Å². The molecule has 0 aromatic carbocycles. The lowest BCUT2D eigenvalue weighted by Crippen LogP contribution is -2.05. The van der Waals surface area contributed by atoms with Crippen molar-refractivity contribution in [2.45, 2.75) is 47.5 Å². The van der Waals surface area contributed by atoms with Crippen LogP contribution >= 0.6 is 7.82 Å². The van der Waals surface area contributed by atoms with Gasteiger partial charge in [-0.15, -0.1) is 0 Å². The lowest BCUT2D eigenvalue weighted by molar-refractivity contribution is 0.110. The minimum Gasteiger partial charge on any atom is -0.287 e. The third kappa shape index (κ3) is 9.78. The van der Waals surface area contributed by atoms with Crippen molar-refractivity contribution in [3.8, 4) is 0 Å². The molecule has 0 saturated carbocycles. The first-order chi connectivity index (χ1) is 7.89. The molecule has 4 nitrogen and oxygen atoms in total. The van der Waals surface area contributed by atoms with Crippen LogP contribution in [-0.2, 0) is 18.1 Å². The zero-order valence-electron chi connectivity index (χ0n) is 11.8. The van der Waals surface area contributed by atoms with Crippen LogP contribution in [0.2, 0.25) is 0 Å². The minimum atomic E-state index is -3.33. The molecule has 0 saturated heterocycles. The SMILES string of the molecule is CCOP(=O)(OCCC(C)C)OCCC(C)C. The van der Waals surface area contributed by atoms with E-state index in [4.69, 9.17) is 13.6 Å². The molecule has 0 aromatic rings. The molecule has 0 fully saturated rings. The predicted octanol–water partition coefficient (Wildman–Crippen LogP) is 4.26. The summed E-state index contributed by atoms with van der Waals surface area (Å²) in [6, 6.07) is 0. The molecule has 0 aliphatic carbocycles. The van der Waals surface area contributed by atoms with Crippen LogP contribution in [0.3, 0.4) is 0 Å². The average Bonchev–Trinajstić information content (AvgIpc) is 2.16. The summed E-state index contributed by atoms with van der Waals surface area (Å²) >= 11 is 0. The predicted molar refractivity (Wildman–Crippen MR) is 70.0 cm³/mol. The van der Waals surface area contributed by atoms with Gasteiger partial charge in [-0.1, -0.05) is 27.7 Å². The molecule has 0 spiro atoms. The molecule has 104 valence electrons. The van der Waals surface area contributed by atoms with Crippen molar-refractivity contribution in [1.82, 2.24) is 0 Å². The van der Waals surface area contributed by atoms with Crippen molar-refractivity contribution in [3.05, 3.63) is 0 Å². The van der Waals surface area contributed by atoms with Crippen LogP contribution in [0.4, 0.5) is 0 Å². The maximum Gasteiger partial charge on any atom is 0.474 e. The second-order valence-corrected chi connectivity index (χ2v) is 6.57. The van der Waals surface area contributed by atoms with E-state index >= 15 is 0 Å². The third-order valence-corrected chi connectivity index (χ3v) is 3.75. The number of hydrogen-bond acceptors (Lipinski definition) is 4. The largest absolute Gasteiger partial charge is 0.474 e. The Labute approximate surface area is 106 Å². The first-order valence-corrected chi connectivity index (χ1v) is 7.89. The summed E-state index contributed by atoms with van der Waals surface area (Å²) in [4.78, 5) is 0. The van der Waals surface area contributed by atoms with E-state index in [-0.39, 0.29) is 0 Å². The first kappa shape index (κ1) is 17.1. The molecule has 17 heavy (non-hydrogen) atoms. The smallest absolute Gasteiger partial charge is 0.287 e. The Morgan fingerprint density at radius 1 is 0.882 bits per heavy atom. The molecule has 0 N–H and O–H groups in total. The molecular weight excluding hydrogens is 239 g/mol. The van der Waals surface area contributed by atoms with Crippen LogP contribution in [0.1, 0.15) is 47.5 Å². The second kappa shape index (κ2) is 9.09. The number of phosphoric ester groups is 1. The zero-order chi connectivity index (χ0) is 13.3. The van der Waals surface area contributed by atoms with Gasteiger partial charge in [-0.2, -0.15) is 0 Å². The molecule has 0 aliphatic rings. The fourth-order valence-corrected chi connectivity index (χ4v) is 2.27. The Morgan fingerprint density at radius 2 is 1.29 bits per heavy atom. The number of phosphoric acid groups is 1. The second-order valence-electron chi connectivity index (χ2n) is 4.90. The maximum absolute atomic E-state index is 12.1. The summed E-state index contributed by atoms with van der Waals surface area (Å²) in [7, 11) is -3.33. The Kier molecular flexibility index (Phi) is 9.15. The van der Waals surface area contributed by atoms with Gasteiger partial charge in [0.25, 0.3) is 0 Å². The third-order valence-electron chi connectivity index (χ3n) is 2.18. The maximum atomic E-state index is 12.1. The van der Waals surface area contributed by atoms with Gasteiger partial charge in [0.1, 0.15) is 0 Å². The van der Waals surface area contributed by atoms with Gasteiger partial charge < -0.3 is 0 Å². The van der Waals surface area contributed by atoms with E-state index in [1.807, 2.05) is 0 Å². The summed E-state index contributed by atoms with van der Waals surface area (Å²) < 4.78 is 27.8. The van der Waals surface area contributed by atoms with E-state index in [0.717, 1.165) is 12.8 Å². The van der Waals surface area contributed by atoms with Crippen molar-refractivity contribution in [2.75, 3.05) is 19.8 Å². The summed E-state index contributed by atoms with van der Waals surface area (Å²) in [6.45, 7) is 11.3. The van der Waals surface area contributed by atoms with Crippen LogP contribution < -0.4 is 0 Å². The van der Waals surface area contributed by atoms with Crippen LogP contribution in [0.25, 0.3) is 0 Å². The van der Waals surface area contributed by atoms with Crippen molar-refractivity contribution >= 4 is 7.82 Å². The molecule has 0 rings (SSSR count). The van der Waals surface area contributed by atoms with E-state index in [9.17, 15) is 4.57 Å². The van der Waals surface area contributed by atoms with Gasteiger partial charge in [0.05, 0.1) is 19.8 Å². The molecular formula is C12H27O4P. The molecule has 5 heteroatoms. The molecule has 0 unspecified atom stereocenters. The summed E-state index contributed by atoms with van der Waals surface area (Å²) in [5, 5.41) is 0. The lowest BCUT2D eigenvalue weighted by atomic mass is 10.2. The Balaban J connectivity index is 4.02. The zero-order valence-corrected chi connectivity index (χ0v) is 12.7. The molecule has 0 radical (unpaired) electrons. The highest BCUT2D eigenvalue weighted by Crippen LogP contribution is 2.49. The molecule has 0 atom stereocenters. The fourth-order valence-electron chi connectivity index (χ4n) is 1.07. The monoisotopic (exact) mass is 266 g/mol. The minimum absolute atomic E-state index is 0.334. The summed E-state index contributed by atoms with van der Waals surface area (Å²) in [5.74, 6) is 1.03. The topological polar surface area (TPSA) is 44.8 Å². The van der Waals surface area contributed by atoms with Gasteiger partial charge in [-0.3, -0.25) is 13.6 Å². The van der Waals surface area contributed by atoms with Gasteiger partial charge in [-0.25, -0.2) is 4.57 Å². The highest BCUT2D eigenvalue weighted by Gasteiger charge is 2.25. The number of rotatable bonds is 10. The van der Waals surface area contributed by atoms with Crippen LogP contribution in [0.15, 0.2) is 0 Å². The van der Waals surface area contributed by atoms with Crippen molar-refractivity contribution in [2.24, 2.45) is 11.8 Å². The lowest BCUT2D eigenvalue weighted by Gasteiger charge is -2.18. The highest BCUT2D eigenvalue weighted by atomic mass is 31.2. The molecule has 0 aliphatic heterocycles. The molecule has 0 aromatic heterocycles. The first-order valence-electron chi connectivity index (χ1n) is 6.43. The average molecular weight is 266 g/mol. The standard InChI is InChI=1S/C12H27O4P/c1-6-14-17(13,15-9-7-11(2)3)16-10-8-12(4)5/h11-12H,6-10H2,1-5H3.